The van der Waals surface area contributed by atoms with Crippen LogP contribution in [0.1, 0.15) is 31.7 Å². The highest BCUT2D eigenvalue weighted by Gasteiger charge is 2.24. The zero-order valence-corrected chi connectivity index (χ0v) is 13.5. The zero-order chi connectivity index (χ0) is 14.7. The monoisotopic (exact) mass is 323 g/mol. The third-order valence-electron chi connectivity index (χ3n) is 3.81. The van der Waals surface area contributed by atoms with Gasteiger partial charge in [0.2, 0.25) is 5.82 Å². The lowest BCUT2D eigenvalue weighted by Gasteiger charge is -2.33. The first-order valence-electron chi connectivity index (χ1n) is 7.20. The van der Waals surface area contributed by atoms with Crippen LogP contribution in [0.3, 0.4) is 0 Å². The van der Waals surface area contributed by atoms with E-state index in [1.54, 1.807) is 0 Å². The van der Waals surface area contributed by atoms with Gasteiger partial charge in [0, 0.05) is 17.6 Å². The summed E-state index contributed by atoms with van der Waals surface area (Å²) in [5, 5.41) is 0.733. The molecular weight excluding hydrogens is 306 g/mol. The third kappa shape index (κ3) is 3.47. The molecule has 4 nitrogen and oxygen atoms in total. The quantitative estimate of drug-likeness (QED) is 0.847. The molecule has 3 rings (SSSR count). The second-order valence-corrected chi connectivity index (χ2v) is 6.31. The van der Waals surface area contributed by atoms with Crippen molar-refractivity contribution in [1.29, 1.82) is 0 Å². The number of hydrogen-bond donors (Lipinski definition) is 0. The second-order valence-electron chi connectivity index (χ2n) is 5.35. The molecule has 0 aliphatic carbocycles. The molecule has 0 radical (unpaired) electrons. The number of rotatable bonds is 4. The smallest absolute Gasteiger partial charge is 0.271 e. The molecular formula is C15H18ClN3OS. The SMILES string of the molecule is CC1CCCCN1c1nsnc1OCc1ccc(Cl)cc1. The molecule has 0 saturated carbocycles. The molecule has 1 aliphatic heterocycles. The van der Waals surface area contributed by atoms with Crippen LogP contribution in [0.2, 0.25) is 5.02 Å². The van der Waals surface area contributed by atoms with E-state index >= 15 is 0 Å². The summed E-state index contributed by atoms with van der Waals surface area (Å²) >= 11 is 7.10. The van der Waals surface area contributed by atoms with Gasteiger partial charge in [-0.05, 0) is 43.9 Å². The third-order valence-corrected chi connectivity index (χ3v) is 4.56. The number of piperidine rings is 1. The van der Waals surface area contributed by atoms with Crippen molar-refractivity contribution in [2.75, 3.05) is 11.4 Å². The van der Waals surface area contributed by atoms with Crippen molar-refractivity contribution in [3.8, 4) is 5.88 Å². The first kappa shape index (κ1) is 14.6. The van der Waals surface area contributed by atoms with E-state index in [-0.39, 0.29) is 0 Å². The van der Waals surface area contributed by atoms with Gasteiger partial charge in [-0.2, -0.15) is 4.37 Å². The molecule has 0 N–H and O–H groups in total. The number of nitrogens with zero attached hydrogens (tertiary/aromatic N) is 3. The minimum Gasteiger partial charge on any atom is -0.470 e. The van der Waals surface area contributed by atoms with Crippen molar-refractivity contribution in [3.63, 3.8) is 0 Å². The molecule has 1 aromatic carbocycles. The van der Waals surface area contributed by atoms with Crippen molar-refractivity contribution in [2.24, 2.45) is 0 Å². The van der Waals surface area contributed by atoms with E-state index in [2.05, 4.69) is 20.6 Å². The fraction of sp³-hybridized carbons (Fsp3) is 0.467. The summed E-state index contributed by atoms with van der Waals surface area (Å²) in [5.41, 5.74) is 1.07. The minimum atomic E-state index is 0.484. The van der Waals surface area contributed by atoms with Gasteiger partial charge in [-0.3, -0.25) is 0 Å². The van der Waals surface area contributed by atoms with E-state index in [0.717, 1.165) is 22.9 Å². The lowest BCUT2D eigenvalue weighted by molar-refractivity contribution is 0.295. The Hall–Kier alpha value is -1.33. The van der Waals surface area contributed by atoms with Crippen LogP contribution in [0.25, 0.3) is 0 Å². The second kappa shape index (κ2) is 6.62. The van der Waals surface area contributed by atoms with Crippen molar-refractivity contribution in [1.82, 2.24) is 8.75 Å². The molecule has 2 aromatic rings. The predicted octanol–water partition coefficient (Wildman–Crippen LogP) is 4.15. The van der Waals surface area contributed by atoms with E-state index in [1.807, 2.05) is 24.3 Å². The van der Waals surface area contributed by atoms with Crippen LogP contribution in [-0.4, -0.2) is 21.3 Å². The number of anilines is 1. The molecule has 0 spiro atoms. The summed E-state index contributed by atoms with van der Waals surface area (Å²) in [7, 11) is 0. The average Bonchev–Trinajstić information content (AvgIpc) is 2.95. The maximum Gasteiger partial charge on any atom is 0.271 e. The van der Waals surface area contributed by atoms with Gasteiger partial charge in [-0.15, -0.1) is 4.37 Å². The van der Waals surface area contributed by atoms with Gasteiger partial charge < -0.3 is 9.64 Å². The van der Waals surface area contributed by atoms with Crippen molar-refractivity contribution < 1.29 is 4.74 Å². The Morgan fingerprint density at radius 3 is 2.86 bits per heavy atom. The molecule has 112 valence electrons. The van der Waals surface area contributed by atoms with Crippen molar-refractivity contribution in [2.45, 2.75) is 38.8 Å². The van der Waals surface area contributed by atoms with E-state index in [4.69, 9.17) is 16.3 Å². The minimum absolute atomic E-state index is 0.484. The molecule has 1 aliphatic rings. The normalized spacial score (nSPS) is 18.8. The Balaban J connectivity index is 1.69. The summed E-state index contributed by atoms with van der Waals surface area (Å²) in [5.74, 6) is 1.53. The fourth-order valence-electron chi connectivity index (χ4n) is 2.59. The van der Waals surface area contributed by atoms with Crippen LogP contribution < -0.4 is 9.64 Å². The summed E-state index contributed by atoms with van der Waals surface area (Å²) < 4.78 is 14.6. The zero-order valence-electron chi connectivity index (χ0n) is 12.0. The van der Waals surface area contributed by atoms with Crippen LogP contribution in [-0.2, 0) is 6.61 Å². The molecule has 6 heteroatoms. The van der Waals surface area contributed by atoms with E-state index < -0.39 is 0 Å². The molecule has 1 saturated heterocycles. The maximum absolute atomic E-state index is 5.89. The number of benzene rings is 1. The van der Waals surface area contributed by atoms with Crippen LogP contribution in [0.5, 0.6) is 5.88 Å². The Morgan fingerprint density at radius 2 is 2.10 bits per heavy atom. The largest absolute Gasteiger partial charge is 0.470 e. The van der Waals surface area contributed by atoms with Gasteiger partial charge in [0.15, 0.2) is 0 Å². The standard InChI is InChI=1S/C15H18ClN3OS/c1-11-4-2-3-9-19(11)14-15(18-21-17-14)20-10-12-5-7-13(16)8-6-12/h5-8,11H,2-4,9-10H2,1H3. The van der Waals surface area contributed by atoms with E-state index in [0.29, 0.717) is 18.5 Å². The van der Waals surface area contributed by atoms with E-state index in [1.165, 1.54) is 31.0 Å². The molecule has 1 aromatic heterocycles. The highest BCUT2D eigenvalue weighted by molar-refractivity contribution is 6.99. The topological polar surface area (TPSA) is 38.2 Å². The number of halogens is 1. The van der Waals surface area contributed by atoms with Crippen molar-refractivity contribution in [3.05, 3.63) is 34.9 Å². The summed E-state index contributed by atoms with van der Waals surface area (Å²) in [6.45, 7) is 3.75. The Morgan fingerprint density at radius 1 is 1.29 bits per heavy atom. The Bertz CT molecular complexity index is 587. The molecule has 21 heavy (non-hydrogen) atoms. The molecule has 0 bridgehead atoms. The number of ether oxygens (including phenoxy) is 1. The Labute approximate surface area is 134 Å². The highest BCUT2D eigenvalue weighted by atomic mass is 35.5. The van der Waals surface area contributed by atoms with Gasteiger partial charge in [-0.25, -0.2) is 0 Å². The van der Waals surface area contributed by atoms with Crippen LogP contribution >= 0.6 is 23.3 Å². The first-order chi connectivity index (χ1) is 10.2. The van der Waals surface area contributed by atoms with Crippen LogP contribution in [0.4, 0.5) is 5.82 Å². The number of hydrogen-bond acceptors (Lipinski definition) is 5. The van der Waals surface area contributed by atoms with Gasteiger partial charge in [-0.1, -0.05) is 23.7 Å². The summed E-state index contributed by atoms with van der Waals surface area (Å²) in [6, 6.07) is 8.16. The molecule has 1 fully saturated rings. The lowest BCUT2D eigenvalue weighted by atomic mass is 10.0. The van der Waals surface area contributed by atoms with Crippen molar-refractivity contribution >= 4 is 29.1 Å². The van der Waals surface area contributed by atoms with Gasteiger partial charge >= 0.3 is 0 Å². The van der Waals surface area contributed by atoms with Gasteiger partial charge in [0.25, 0.3) is 5.88 Å². The highest BCUT2D eigenvalue weighted by Crippen LogP contribution is 2.31. The maximum atomic E-state index is 5.89. The predicted molar refractivity (Wildman–Crippen MR) is 86.4 cm³/mol. The van der Waals surface area contributed by atoms with Crippen LogP contribution in [0, 0.1) is 0 Å². The number of aromatic nitrogens is 2. The van der Waals surface area contributed by atoms with Gasteiger partial charge in [0.1, 0.15) is 6.61 Å². The lowest BCUT2D eigenvalue weighted by Crippen LogP contribution is -2.37. The van der Waals surface area contributed by atoms with E-state index in [9.17, 15) is 0 Å². The summed E-state index contributed by atoms with van der Waals surface area (Å²) in [6.07, 6.45) is 3.70. The van der Waals surface area contributed by atoms with Gasteiger partial charge in [0.05, 0.1) is 11.7 Å². The first-order valence-corrected chi connectivity index (χ1v) is 8.31. The summed E-state index contributed by atoms with van der Waals surface area (Å²) in [4.78, 5) is 2.31. The van der Waals surface area contributed by atoms with Crippen LogP contribution in [0.15, 0.2) is 24.3 Å². The molecule has 0 amide bonds. The molecule has 1 unspecified atom stereocenters. The Kier molecular flexibility index (Phi) is 4.60. The molecule has 2 heterocycles. The average molecular weight is 324 g/mol. The molecule has 1 atom stereocenters. The fourth-order valence-corrected chi connectivity index (χ4v) is 3.22.